The lowest BCUT2D eigenvalue weighted by molar-refractivity contribution is -0.161. The van der Waals surface area contributed by atoms with E-state index in [1.165, 1.54) is 193 Å². The van der Waals surface area contributed by atoms with Crippen molar-refractivity contribution in [3.05, 3.63) is 0 Å². The molecule has 5 atom stereocenters. The minimum Gasteiger partial charge on any atom is -0.462 e. The predicted octanol–water partition coefficient (Wildman–Crippen LogP) is 20.5. The van der Waals surface area contributed by atoms with Gasteiger partial charge in [0.15, 0.2) is 12.2 Å². The lowest BCUT2D eigenvalue weighted by atomic mass is 10.0. The van der Waals surface area contributed by atoms with E-state index in [1.807, 2.05) is 0 Å². The lowest BCUT2D eigenvalue weighted by Crippen LogP contribution is -2.30. The number of unbranched alkanes of at least 4 members (excludes halogenated alkanes) is 43. The third-order valence-corrected chi connectivity index (χ3v) is 18.4. The van der Waals surface area contributed by atoms with Crippen LogP contribution < -0.4 is 0 Å². The van der Waals surface area contributed by atoms with Gasteiger partial charge in [0.25, 0.3) is 0 Å². The molecule has 0 aliphatic carbocycles. The van der Waals surface area contributed by atoms with Crippen molar-refractivity contribution in [2.45, 2.75) is 387 Å². The molecule has 0 bridgehead atoms. The van der Waals surface area contributed by atoms with Crippen LogP contribution in [-0.2, 0) is 65.4 Å². The maximum atomic E-state index is 13.0. The largest absolute Gasteiger partial charge is 0.472 e. The monoisotopic (exact) mass is 1320 g/mol. The molecule has 0 saturated carbocycles. The van der Waals surface area contributed by atoms with Crippen LogP contribution in [0.2, 0.25) is 0 Å². The first-order valence-electron chi connectivity index (χ1n) is 37.1. The van der Waals surface area contributed by atoms with Crippen LogP contribution in [0.1, 0.15) is 369 Å². The Morgan fingerprint density at radius 1 is 0.300 bits per heavy atom. The Morgan fingerprint density at radius 3 is 0.756 bits per heavy atom. The minimum atomic E-state index is -4.95. The molecular formula is C71H138O17P2. The van der Waals surface area contributed by atoms with E-state index in [2.05, 4.69) is 34.6 Å². The molecule has 3 N–H and O–H groups in total. The number of esters is 4. The first-order chi connectivity index (χ1) is 43.5. The van der Waals surface area contributed by atoms with Gasteiger partial charge in [0.1, 0.15) is 19.3 Å². The summed E-state index contributed by atoms with van der Waals surface area (Å²) in [6, 6.07) is 0. The van der Waals surface area contributed by atoms with Crippen LogP contribution in [0.3, 0.4) is 0 Å². The molecule has 0 aliphatic rings. The summed E-state index contributed by atoms with van der Waals surface area (Å²) < 4.78 is 68.3. The average Bonchev–Trinajstić information content (AvgIpc) is 3.72. The predicted molar refractivity (Wildman–Crippen MR) is 363 cm³/mol. The second-order valence-electron chi connectivity index (χ2n) is 26.1. The molecule has 17 nitrogen and oxygen atoms in total. The fourth-order valence-corrected chi connectivity index (χ4v) is 12.4. The van der Waals surface area contributed by atoms with E-state index < -0.39 is 97.5 Å². The number of aliphatic hydroxyl groups is 1. The van der Waals surface area contributed by atoms with Gasteiger partial charge < -0.3 is 33.8 Å². The Morgan fingerprint density at radius 2 is 0.511 bits per heavy atom. The number of hydrogen-bond donors (Lipinski definition) is 3. The van der Waals surface area contributed by atoms with Crippen LogP contribution in [0, 0.1) is 5.92 Å². The molecule has 0 aromatic carbocycles. The number of hydrogen-bond acceptors (Lipinski definition) is 15. The van der Waals surface area contributed by atoms with Crippen molar-refractivity contribution in [1.82, 2.24) is 0 Å². The molecule has 19 heteroatoms. The van der Waals surface area contributed by atoms with E-state index in [0.29, 0.717) is 25.7 Å². The Balaban J connectivity index is 5.23. The Bertz CT molecular complexity index is 1740. The Hall–Kier alpha value is -1.94. The van der Waals surface area contributed by atoms with E-state index in [4.69, 9.17) is 37.0 Å². The Kier molecular flexibility index (Phi) is 63.0. The minimum absolute atomic E-state index is 0.107. The van der Waals surface area contributed by atoms with Crippen LogP contribution in [0.15, 0.2) is 0 Å². The molecule has 90 heavy (non-hydrogen) atoms. The molecule has 0 saturated heterocycles. The fourth-order valence-electron chi connectivity index (χ4n) is 10.8. The maximum Gasteiger partial charge on any atom is 0.472 e. The molecule has 0 radical (unpaired) electrons. The summed E-state index contributed by atoms with van der Waals surface area (Å²) in [6.45, 7) is 7.25. The summed E-state index contributed by atoms with van der Waals surface area (Å²) >= 11 is 0. The molecule has 0 spiro atoms. The van der Waals surface area contributed by atoms with Crippen molar-refractivity contribution in [2.24, 2.45) is 5.92 Å². The summed E-state index contributed by atoms with van der Waals surface area (Å²) in [6.07, 6.45) is 51.2. The summed E-state index contributed by atoms with van der Waals surface area (Å²) in [5.74, 6) is -1.34. The quantitative estimate of drug-likeness (QED) is 0.0222. The molecule has 0 aromatic heterocycles. The SMILES string of the molecule is CCCCCCCCCCCCCCCCCC(=O)OC[C@H](COP(=O)(O)OC[C@@H](O)COP(=O)(O)OC[C@@H](COC(=O)CCCCCCCCCCCC)OC(=O)CCCCCCCCCCCC)OC(=O)CCCCCCCCCCCCCCC(C)C. The molecule has 0 aliphatic heterocycles. The highest BCUT2D eigenvalue weighted by molar-refractivity contribution is 7.47. The summed E-state index contributed by atoms with van der Waals surface area (Å²) in [7, 11) is -9.90. The van der Waals surface area contributed by atoms with E-state index >= 15 is 0 Å². The van der Waals surface area contributed by atoms with Gasteiger partial charge in [0.2, 0.25) is 0 Å². The standard InChI is InChI=1S/C71H138O17P2/c1-6-9-12-15-18-21-24-25-26-27-31-36-40-45-50-55-69(74)82-61-67(88-71(76)57-52-47-42-37-32-29-28-30-33-38-43-48-53-64(4)5)63-86-90(79,80)84-59-65(72)58-83-89(77,78)85-62-66(87-70(75)56-51-46-41-35-23-20-17-14-11-8-3)60-81-68(73)54-49-44-39-34-22-19-16-13-10-7-2/h64-67,72H,6-63H2,1-5H3,(H,77,78)(H,79,80)/t65-,66+,67+/m0/s1. The van der Waals surface area contributed by atoms with Crippen molar-refractivity contribution in [1.29, 1.82) is 0 Å². The van der Waals surface area contributed by atoms with Gasteiger partial charge in [-0.15, -0.1) is 0 Å². The summed E-state index contributed by atoms with van der Waals surface area (Å²) in [5, 5.41) is 10.6. The van der Waals surface area contributed by atoms with E-state index in [9.17, 15) is 43.2 Å². The second kappa shape index (κ2) is 64.4. The zero-order valence-electron chi connectivity index (χ0n) is 58.3. The molecule has 0 fully saturated rings. The molecule has 2 unspecified atom stereocenters. The van der Waals surface area contributed by atoms with Crippen molar-refractivity contribution >= 4 is 39.5 Å². The number of ether oxygens (including phenoxy) is 4. The van der Waals surface area contributed by atoms with Gasteiger partial charge >= 0.3 is 39.5 Å². The topological polar surface area (TPSA) is 237 Å². The van der Waals surface area contributed by atoms with E-state index in [1.54, 1.807) is 0 Å². The van der Waals surface area contributed by atoms with Crippen LogP contribution >= 0.6 is 15.6 Å². The summed E-state index contributed by atoms with van der Waals surface area (Å²) in [4.78, 5) is 72.5. The fraction of sp³-hybridized carbons (Fsp3) is 0.944. The first-order valence-corrected chi connectivity index (χ1v) is 40.1. The van der Waals surface area contributed by atoms with Gasteiger partial charge in [0.05, 0.1) is 26.4 Å². The molecule has 0 rings (SSSR count). The number of carbonyl (C=O) groups excluding carboxylic acids is 4. The smallest absolute Gasteiger partial charge is 0.462 e. The lowest BCUT2D eigenvalue weighted by Gasteiger charge is -2.21. The van der Waals surface area contributed by atoms with Gasteiger partial charge in [-0.25, -0.2) is 9.13 Å². The normalized spacial score (nSPS) is 14.1. The van der Waals surface area contributed by atoms with Gasteiger partial charge in [-0.2, -0.15) is 0 Å². The zero-order chi connectivity index (χ0) is 66.3. The van der Waals surface area contributed by atoms with Gasteiger partial charge in [-0.1, -0.05) is 317 Å². The van der Waals surface area contributed by atoms with Crippen LogP contribution in [0.25, 0.3) is 0 Å². The highest BCUT2D eigenvalue weighted by Gasteiger charge is 2.30. The van der Waals surface area contributed by atoms with Crippen molar-refractivity contribution < 1.29 is 80.2 Å². The first kappa shape index (κ1) is 88.1. The van der Waals surface area contributed by atoms with Crippen LogP contribution in [0.5, 0.6) is 0 Å². The van der Waals surface area contributed by atoms with Crippen molar-refractivity contribution in [2.75, 3.05) is 39.6 Å². The molecule has 534 valence electrons. The van der Waals surface area contributed by atoms with E-state index in [-0.39, 0.29) is 25.7 Å². The molecule has 0 amide bonds. The molecule has 0 aromatic rings. The van der Waals surface area contributed by atoms with Crippen LogP contribution in [0.4, 0.5) is 0 Å². The molecular weight excluding hydrogens is 1190 g/mol. The number of carbonyl (C=O) groups is 4. The Labute approximate surface area is 549 Å². The second-order valence-corrected chi connectivity index (χ2v) is 29.0. The summed E-state index contributed by atoms with van der Waals surface area (Å²) in [5.41, 5.74) is 0. The van der Waals surface area contributed by atoms with Gasteiger partial charge in [-0.3, -0.25) is 37.3 Å². The zero-order valence-corrected chi connectivity index (χ0v) is 60.1. The number of aliphatic hydroxyl groups excluding tert-OH is 1. The third-order valence-electron chi connectivity index (χ3n) is 16.5. The number of rotatable bonds is 71. The third kappa shape index (κ3) is 64.8. The highest BCUT2D eigenvalue weighted by atomic mass is 31.2. The number of phosphoric acid groups is 2. The van der Waals surface area contributed by atoms with Crippen molar-refractivity contribution in [3.8, 4) is 0 Å². The number of phosphoric ester groups is 2. The van der Waals surface area contributed by atoms with Gasteiger partial charge in [0, 0.05) is 25.7 Å². The maximum absolute atomic E-state index is 13.0. The van der Waals surface area contributed by atoms with Crippen molar-refractivity contribution in [3.63, 3.8) is 0 Å². The van der Waals surface area contributed by atoms with Crippen LogP contribution in [-0.4, -0.2) is 96.7 Å². The van der Waals surface area contributed by atoms with E-state index in [0.717, 1.165) is 95.8 Å². The molecule has 0 heterocycles. The highest BCUT2D eigenvalue weighted by Crippen LogP contribution is 2.45. The average molecular weight is 1330 g/mol. The van der Waals surface area contributed by atoms with Gasteiger partial charge in [-0.05, 0) is 31.6 Å².